The summed E-state index contributed by atoms with van der Waals surface area (Å²) < 4.78 is 25.1. The Kier molecular flexibility index (Phi) is 5.27. The van der Waals surface area contributed by atoms with Crippen molar-refractivity contribution in [1.29, 1.82) is 0 Å². The number of aliphatic imine (C=N–C) groups is 1. The summed E-state index contributed by atoms with van der Waals surface area (Å²) in [6.07, 6.45) is 0. The largest absolute Gasteiger partial charge is 0.325 e. The van der Waals surface area contributed by atoms with E-state index in [0.29, 0.717) is 11.0 Å². The fourth-order valence-electron chi connectivity index (χ4n) is 3.08. The van der Waals surface area contributed by atoms with Crippen LogP contribution in [-0.2, 0) is 10.0 Å². The minimum absolute atomic E-state index is 0.166. The number of sulfonamides is 1. The molecule has 0 amide bonds. The van der Waals surface area contributed by atoms with E-state index >= 15 is 0 Å². The predicted molar refractivity (Wildman–Crippen MR) is 115 cm³/mol. The van der Waals surface area contributed by atoms with Crippen LogP contribution in [0.15, 0.2) is 82.7 Å². The number of hydrogen-bond donors (Lipinski definition) is 3. The smallest absolute Gasteiger partial charge is 0.257 e. The summed E-state index contributed by atoms with van der Waals surface area (Å²) in [5.74, 6) is 0.296. The van der Waals surface area contributed by atoms with Crippen LogP contribution in [0.5, 0.6) is 0 Å². The molecule has 148 valence electrons. The van der Waals surface area contributed by atoms with E-state index in [-0.39, 0.29) is 10.9 Å². The minimum Gasteiger partial charge on any atom is -0.325 e. The van der Waals surface area contributed by atoms with Crippen molar-refractivity contribution in [2.24, 2.45) is 4.99 Å². The van der Waals surface area contributed by atoms with Gasteiger partial charge in [-0.05, 0) is 42.8 Å². The summed E-state index contributed by atoms with van der Waals surface area (Å²) in [5, 5.41) is 3.72. The Morgan fingerprint density at radius 1 is 1.00 bits per heavy atom. The highest BCUT2D eigenvalue weighted by Crippen LogP contribution is 2.36. The van der Waals surface area contributed by atoms with Crippen LogP contribution in [0.3, 0.4) is 0 Å². The second-order valence-corrected chi connectivity index (χ2v) is 8.81. The second kappa shape index (κ2) is 7.87. The van der Waals surface area contributed by atoms with Gasteiger partial charge in [0.05, 0.1) is 4.90 Å². The van der Waals surface area contributed by atoms with Crippen LogP contribution in [0.1, 0.15) is 22.7 Å². The van der Waals surface area contributed by atoms with Crippen LogP contribution in [0.25, 0.3) is 0 Å². The summed E-state index contributed by atoms with van der Waals surface area (Å²) in [6.45, 7) is 1.90. The highest BCUT2D eigenvalue weighted by molar-refractivity contribution is 7.89. The van der Waals surface area contributed by atoms with Crippen LogP contribution >= 0.6 is 11.6 Å². The maximum Gasteiger partial charge on any atom is 0.257 e. The quantitative estimate of drug-likeness (QED) is 0.550. The van der Waals surface area contributed by atoms with E-state index < -0.39 is 10.0 Å². The van der Waals surface area contributed by atoms with E-state index in [0.717, 1.165) is 22.4 Å². The van der Waals surface area contributed by atoms with Gasteiger partial charge in [0.2, 0.25) is 5.96 Å². The molecule has 4 rings (SSSR count). The standard InChI is InChI=1S/C21H19ClN4O2S/c1-14-7-10-17(11-8-14)29(27,28)26-25-21-23-19-12-9-16(22)13-18(19)20(24-21)15-5-3-2-4-6-15/h2-13,20,26H,1H3,(H2,23,24,25). The molecule has 0 fully saturated rings. The fourth-order valence-corrected chi connectivity index (χ4v) is 4.10. The molecule has 1 atom stereocenters. The third-order valence-electron chi connectivity index (χ3n) is 4.57. The summed E-state index contributed by atoms with van der Waals surface area (Å²) >= 11 is 6.18. The summed E-state index contributed by atoms with van der Waals surface area (Å²) in [7, 11) is -3.75. The van der Waals surface area contributed by atoms with E-state index in [1.165, 1.54) is 0 Å². The van der Waals surface area contributed by atoms with Gasteiger partial charge in [-0.2, -0.15) is 0 Å². The molecule has 1 heterocycles. The van der Waals surface area contributed by atoms with E-state index in [2.05, 4.69) is 20.6 Å². The summed E-state index contributed by atoms with van der Waals surface area (Å²) in [4.78, 5) is 7.20. The molecule has 1 unspecified atom stereocenters. The monoisotopic (exact) mass is 426 g/mol. The van der Waals surface area contributed by atoms with Gasteiger partial charge in [0.1, 0.15) is 6.04 Å². The normalized spacial score (nSPS) is 15.8. The first kappa shape index (κ1) is 19.4. The fraction of sp³-hybridized carbons (Fsp3) is 0.0952. The number of fused-ring (bicyclic) bond motifs is 1. The number of hydrogen-bond acceptors (Lipinski definition) is 5. The second-order valence-electron chi connectivity index (χ2n) is 6.69. The number of nitrogens with one attached hydrogen (secondary N) is 3. The maximum absolute atomic E-state index is 12.6. The van der Waals surface area contributed by atoms with Crippen molar-refractivity contribution >= 4 is 33.3 Å². The van der Waals surface area contributed by atoms with Crippen molar-refractivity contribution in [3.8, 4) is 0 Å². The molecule has 29 heavy (non-hydrogen) atoms. The molecule has 1 aliphatic heterocycles. The van der Waals surface area contributed by atoms with Gasteiger partial charge in [-0.3, -0.25) is 5.43 Å². The first-order valence-corrected chi connectivity index (χ1v) is 10.8. The number of benzene rings is 3. The van der Waals surface area contributed by atoms with Crippen LogP contribution in [0.4, 0.5) is 5.69 Å². The minimum atomic E-state index is -3.75. The Hall–Kier alpha value is -2.87. The number of rotatable bonds is 4. The molecule has 0 radical (unpaired) electrons. The van der Waals surface area contributed by atoms with Crippen LogP contribution in [0, 0.1) is 6.92 Å². The highest BCUT2D eigenvalue weighted by atomic mass is 35.5. The molecule has 1 aliphatic rings. The number of halogens is 1. The van der Waals surface area contributed by atoms with Gasteiger partial charge in [-0.1, -0.05) is 59.6 Å². The molecule has 0 saturated heterocycles. The van der Waals surface area contributed by atoms with Crippen molar-refractivity contribution in [1.82, 2.24) is 10.3 Å². The Labute approximate surface area is 174 Å². The van der Waals surface area contributed by atoms with E-state index in [1.54, 1.807) is 30.3 Å². The molecular formula is C21H19ClN4O2S. The molecule has 0 bridgehead atoms. The Morgan fingerprint density at radius 2 is 1.72 bits per heavy atom. The van der Waals surface area contributed by atoms with E-state index in [4.69, 9.17) is 11.6 Å². The third kappa shape index (κ3) is 4.27. The lowest BCUT2D eigenvalue weighted by Gasteiger charge is -2.26. The Balaban J connectivity index is 1.61. The van der Waals surface area contributed by atoms with E-state index in [9.17, 15) is 8.42 Å². The van der Waals surface area contributed by atoms with Crippen molar-refractivity contribution < 1.29 is 8.42 Å². The van der Waals surface area contributed by atoms with Gasteiger partial charge >= 0.3 is 0 Å². The molecule has 0 spiro atoms. The Morgan fingerprint density at radius 3 is 2.45 bits per heavy atom. The number of aryl methyl sites for hydroxylation is 1. The van der Waals surface area contributed by atoms with Gasteiger partial charge in [0, 0.05) is 16.3 Å². The van der Waals surface area contributed by atoms with Gasteiger partial charge in [-0.15, -0.1) is 4.83 Å². The van der Waals surface area contributed by atoms with Crippen molar-refractivity contribution in [2.75, 3.05) is 5.32 Å². The maximum atomic E-state index is 12.6. The molecule has 0 aromatic heterocycles. The van der Waals surface area contributed by atoms with Gasteiger partial charge in [-0.25, -0.2) is 13.4 Å². The molecule has 3 aromatic carbocycles. The lowest BCUT2D eigenvalue weighted by Crippen LogP contribution is -2.46. The van der Waals surface area contributed by atoms with E-state index in [1.807, 2.05) is 49.4 Å². The summed E-state index contributed by atoms with van der Waals surface area (Å²) in [5.41, 5.74) is 6.37. The third-order valence-corrected chi connectivity index (χ3v) is 6.07. The average Bonchev–Trinajstić information content (AvgIpc) is 2.73. The molecule has 3 N–H and O–H groups in total. The average molecular weight is 427 g/mol. The molecule has 6 nitrogen and oxygen atoms in total. The van der Waals surface area contributed by atoms with Gasteiger partial charge in [0.25, 0.3) is 10.0 Å². The van der Waals surface area contributed by atoms with Crippen LogP contribution in [0.2, 0.25) is 5.02 Å². The van der Waals surface area contributed by atoms with Gasteiger partial charge < -0.3 is 5.32 Å². The molecule has 8 heteroatoms. The van der Waals surface area contributed by atoms with Crippen molar-refractivity contribution in [2.45, 2.75) is 17.9 Å². The highest BCUT2D eigenvalue weighted by Gasteiger charge is 2.24. The zero-order chi connectivity index (χ0) is 20.4. The molecule has 0 aliphatic carbocycles. The molecular weight excluding hydrogens is 408 g/mol. The first-order chi connectivity index (χ1) is 13.9. The van der Waals surface area contributed by atoms with Crippen molar-refractivity contribution in [3.63, 3.8) is 0 Å². The summed E-state index contributed by atoms with van der Waals surface area (Å²) in [6, 6.07) is 21.5. The Bertz CT molecular complexity index is 1160. The zero-order valence-electron chi connectivity index (χ0n) is 15.6. The lowest BCUT2D eigenvalue weighted by molar-refractivity contribution is 0.576. The lowest BCUT2D eigenvalue weighted by atomic mass is 9.96. The van der Waals surface area contributed by atoms with Crippen LogP contribution < -0.4 is 15.6 Å². The molecule has 3 aromatic rings. The first-order valence-electron chi connectivity index (χ1n) is 8.96. The molecule has 0 saturated carbocycles. The number of nitrogens with zero attached hydrogens (tertiary/aromatic N) is 1. The predicted octanol–water partition coefficient (Wildman–Crippen LogP) is 4.00. The SMILES string of the molecule is Cc1ccc(S(=O)(=O)NNC2=NC(c3ccccc3)c3cc(Cl)ccc3N2)cc1. The zero-order valence-corrected chi connectivity index (χ0v) is 17.1. The van der Waals surface area contributed by atoms with Gasteiger partial charge in [0.15, 0.2) is 0 Å². The number of anilines is 1. The number of guanidine groups is 1. The van der Waals surface area contributed by atoms with Crippen molar-refractivity contribution in [3.05, 3.63) is 94.5 Å². The van der Waals surface area contributed by atoms with Crippen LogP contribution in [-0.4, -0.2) is 14.4 Å². The topological polar surface area (TPSA) is 82.6 Å². The number of hydrazine groups is 1.